The SMILES string of the molecule is Cc1cccc2sc(Nc3ncnc(NNC(=O)c4ccccc4Cl)c3[N+](=O)[O-])nc12. The molecule has 2 aromatic carbocycles. The summed E-state index contributed by atoms with van der Waals surface area (Å²) in [5.41, 5.74) is 6.39. The summed E-state index contributed by atoms with van der Waals surface area (Å²) < 4.78 is 0.935. The largest absolute Gasteiger partial charge is 0.355 e. The van der Waals surface area contributed by atoms with Gasteiger partial charge in [0, 0.05) is 0 Å². The number of fused-ring (bicyclic) bond motifs is 1. The van der Waals surface area contributed by atoms with E-state index in [4.69, 9.17) is 11.6 Å². The van der Waals surface area contributed by atoms with Gasteiger partial charge < -0.3 is 5.32 Å². The monoisotopic (exact) mass is 455 g/mol. The Morgan fingerprint density at radius 2 is 1.90 bits per heavy atom. The van der Waals surface area contributed by atoms with E-state index in [0.717, 1.165) is 22.1 Å². The van der Waals surface area contributed by atoms with Crippen molar-refractivity contribution in [2.45, 2.75) is 6.92 Å². The van der Waals surface area contributed by atoms with Gasteiger partial charge in [0.15, 0.2) is 5.13 Å². The van der Waals surface area contributed by atoms with Gasteiger partial charge in [0.05, 0.1) is 25.7 Å². The van der Waals surface area contributed by atoms with Gasteiger partial charge in [0.2, 0.25) is 11.6 Å². The van der Waals surface area contributed by atoms with E-state index >= 15 is 0 Å². The van der Waals surface area contributed by atoms with Gasteiger partial charge in [-0.05, 0) is 30.7 Å². The van der Waals surface area contributed by atoms with E-state index in [1.54, 1.807) is 18.2 Å². The molecule has 2 aromatic heterocycles. The molecule has 0 spiro atoms. The first-order valence-corrected chi connectivity index (χ1v) is 10.1. The van der Waals surface area contributed by atoms with Crippen molar-refractivity contribution in [3.05, 3.63) is 75.1 Å². The third-order valence-corrected chi connectivity index (χ3v) is 5.53. The molecule has 31 heavy (non-hydrogen) atoms. The van der Waals surface area contributed by atoms with Crippen molar-refractivity contribution in [2.75, 3.05) is 10.7 Å². The minimum Gasteiger partial charge on any atom is -0.310 e. The number of hydrogen-bond donors (Lipinski definition) is 3. The Morgan fingerprint density at radius 3 is 2.65 bits per heavy atom. The van der Waals surface area contributed by atoms with Gasteiger partial charge in [0.25, 0.3) is 5.91 Å². The Kier molecular flexibility index (Phi) is 5.60. The number of nitro groups is 1. The highest BCUT2D eigenvalue weighted by atomic mass is 35.5. The maximum atomic E-state index is 12.3. The first kappa shape index (κ1) is 20.4. The molecule has 0 saturated carbocycles. The number of hydrogen-bond acceptors (Lipinski definition) is 9. The molecule has 2 heterocycles. The number of anilines is 3. The van der Waals surface area contributed by atoms with E-state index in [2.05, 4.69) is 31.1 Å². The molecule has 156 valence electrons. The van der Waals surface area contributed by atoms with Crippen molar-refractivity contribution < 1.29 is 9.72 Å². The summed E-state index contributed by atoms with van der Waals surface area (Å²) >= 11 is 7.34. The topological polar surface area (TPSA) is 135 Å². The zero-order valence-electron chi connectivity index (χ0n) is 15.9. The van der Waals surface area contributed by atoms with Gasteiger partial charge in [-0.1, -0.05) is 47.2 Å². The van der Waals surface area contributed by atoms with Crippen molar-refractivity contribution >= 4 is 61.5 Å². The van der Waals surface area contributed by atoms with Gasteiger partial charge in [0.1, 0.15) is 6.33 Å². The van der Waals surface area contributed by atoms with Gasteiger partial charge in [-0.2, -0.15) is 0 Å². The molecular formula is C19H14ClN7O3S. The minimum absolute atomic E-state index is 0.0637. The van der Waals surface area contributed by atoms with E-state index in [-0.39, 0.29) is 22.2 Å². The Hall–Kier alpha value is -3.83. The second kappa shape index (κ2) is 8.50. The number of amides is 1. The van der Waals surface area contributed by atoms with Crippen LogP contribution in [0.25, 0.3) is 10.2 Å². The van der Waals surface area contributed by atoms with E-state index in [0.29, 0.717) is 5.13 Å². The molecule has 0 unspecified atom stereocenters. The number of hydrazine groups is 1. The van der Waals surface area contributed by atoms with Crippen LogP contribution in [-0.4, -0.2) is 25.8 Å². The smallest absolute Gasteiger partial charge is 0.310 e. The number of thiazole rings is 1. The van der Waals surface area contributed by atoms with E-state index in [1.165, 1.54) is 17.4 Å². The number of para-hydroxylation sites is 1. The van der Waals surface area contributed by atoms with Gasteiger partial charge in [-0.3, -0.25) is 25.8 Å². The minimum atomic E-state index is -0.648. The quantitative estimate of drug-likeness (QED) is 0.286. The molecule has 0 bridgehead atoms. The molecule has 12 heteroatoms. The molecule has 0 aliphatic carbocycles. The molecule has 10 nitrogen and oxygen atoms in total. The van der Waals surface area contributed by atoms with Crippen LogP contribution in [0, 0.1) is 17.0 Å². The lowest BCUT2D eigenvalue weighted by Gasteiger charge is -2.10. The molecule has 0 aliphatic heterocycles. The first-order chi connectivity index (χ1) is 14.9. The Labute approximate surface area is 184 Å². The number of aryl methyl sites for hydroxylation is 1. The molecule has 4 aromatic rings. The molecule has 1 amide bonds. The fraction of sp³-hybridized carbons (Fsp3) is 0.0526. The van der Waals surface area contributed by atoms with Crippen LogP contribution in [0.15, 0.2) is 48.8 Å². The normalized spacial score (nSPS) is 10.6. The molecule has 4 rings (SSSR count). The van der Waals surface area contributed by atoms with Crippen LogP contribution in [0.1, 0.15) is 15.9 Å². The molecule has 0 radical (unpaired) electrons. The lowest BCUT2D eigenvalue weighted by molar-refractivity contribution is -0.383. The van der Waals surface area contributed by atoms with E-state index in [9.17, 15) is 14.9 Å². The number of carbonyl (C=O) groups is 1. The van der Waals surface area contributed by atoms with Crippen LogP contribution in [0.5, 0.6) is 0 Å². The van der Waals surface area contributed by atoms with Gasteiger partial charge in [-0.25, -0.2) is 15.0 Å². The first-order valence-electron chi connectivity index (χ1n) is 8.87. The fourth-order valence-corrected chi connectivity index (χ4v) is 3.97. The average Bonchev–Trinajstić information content (AvgIpc) is 3.16. The number of rotatable bonds is 6. The zero-order chi connectivity index (χ0) is 22.0. The maximum Gasteiger partial charge on any atom is 0.355 e. The fourth-order valence-electron chi connectivity index (χ4n) is 2.80. The van der Waals surface area contributed by atoms with Gasteiger partial charge in [-0.15, -0.1) is 0 Å². The molecule has 0 saturated heterocycles. The number of halogens is 1. The van der Waals surface area contributed by atoms with Crippen LogP contribution < -0.4 is 16.2 Å². The third-order valence-electron chi connectivity index (χ3n) is 4.26. The van der Waals surface area contributed by atoms with Crippen molar-refractivity contribution in [2.24, 2.45) is 0 Å². The summed E-state index contributed by atoms with van der Waals surface area (Å²) in [5.74, 6) is -0.832. The van der Waals surface area contributed by atoms with E-state index < -0.39 is 16.5 Å². The summed E-state index contributed by atoms with van der Waals surface area (Å²) in [6, 6.07) is 12.2. The summed E-state index contributed by atoms with van der Waals surface area (Å²) in [5, 5.41) is 15.3. The molecule has 3 N–H and O–H groups in total. The number of carbonyl (C=O) groups excluding carboxylic acids is 1. The third kappa shape index (κ3) is 4.22. The average molecular weight is 456 g/mol. The van der Waals surface area contributed by atoms with Crippen molar-refractivity contribution in [1.29, 1.82) is 0 Å². The summed E-state index contributed by atoms with van der Waals surface area (Å²) in [4.78, 5) is 35.7. The standard InChI is InChI=1S/C19H14ClN7O3S/c1-10-5-4-8-13-14(10)23-19(31-13)24-16-15(27(29)30)17(22-9-21-16)25-26-18(28)11-6-2-3-7-12(11)20/h2-9H,1H3,(H,26,28)(H2,21,22,23,24,25). The summed E-state index contributed by atoms with van der Waals surface area (Å²) in [7, 11) is 0. The van der Waals surface area contributed by atoms with Crippen molar-refractivity contribution in [3.8, 4) is 0 Å². The van der Waals surface area contributed by atoms with Crippen LogP contribution in [0.2, 0.25) is 5.02 Å². The maximum absolute atomic E-state index is 12.3. The lowest BCUT2D eigenvalue weighted by Crippen LogP contribution is -2.30. The van der Waals surface area contributed by atoms with Crippen molar-refractivity contribution in [1.82, 2.24) is 20.4 Å². The van der Waals surface area contributed by atoms with Crippen molar-refractivity contribution in [3.63, 3.8) is 0 Å². The molecule has 0 aliphatic rings. The number of aromatic nitrogens is 3. The molecular weight excluding hydrogens is 442 g/mol. The highest BCUT2D eigenvalue weighted by molar-refractivity contribution is 7.22. The summed E-state index contributed by atoms with van der Waals surface area (Å²) in [6.45, 7) is 1.93. The van der Waals surface area contributed by atoms with Crippen LogP contribution in [0.3, 0.4) is 0 Å². The predicted octanol–water partition coefficient (Wildman–Crippen LogP) is 4.46. The van der Waals surface area contributed by atoms with Gasteiger partial charge >= 0.3 is 5.69 Å². The predicted molar refractivity (Wildman–Crippen MR) is 119 cm³/mol. The Morgan fingerprint density at radius 1 is 1.13 bits per heavy atom. The molecule has 0 atom stereocenters. The highest BCUT2D eigenvalue weighted by Gasteiger charge is 2.25. The second-order valence-electron chi connectivity index (χ2n) is 6.30. The van der Waals surface area contributed by atoms with Crippen LogP contribution >= 0.6 is 22.9 Å². The Bertz CT molecular complexity index is 1310. The molecule has 0 fully saturated rings. The van der Waals surface area contributed by atoms with Crippen LogP contribution in [-0.2, 0) is 0 Å². The number of benzene rings is 2. The van der Waals surface area contributed by atoms with E-state index in [1.807, 2.05) is 25.1 Å². The second-order valence-corrected chi connectivity index (χ2v) is 7.74. The van der Waals surface area contributed by atoms with Crippen LogP contribution in [0.4, 0.5) is 22.5 Å². The summed E-state index contributed by atoms with van der Waals surface area (Å²) in [6.07, 6.45) is 1.14. The highest BCUT2D eigenvalue weighted by Crippen LogP contribution is 2.34. The number of nitrogens with zero attached hydrogens (tertiary/aromatic N) is 4. The Balaban J connectivity index is 1.60. The number of nitrogens with one attached hydrogen (secondary N) is 3. The zero-order valence-corrected chi connectivity index (χ0v) is 17.5. The lowest BCUT2D eigenvalue weighted by atomic mass is 10.2.